The second-order valence-corrected chi connectivity index (χ2v) is 3.34. The van der Waals surface area contributed by atoms with Gasteiger partial charge in [0.05, 0.1) is 12.8 Å². The van der Waals surface area contributed by atoms with Crippen LogP contribution in [0.5, 0.6) is 0 Å². The molecular weight excluding hydrogens is 152 g/mol. The molecule has 0 amide bonds. The minimum atomic E-state index is 0.365. The Kier molecular flexibility index (Phi) is 3.41. The molecule has 1 atom stereocenters. The van der Waals surface area contributed by atoms with Crippen molar-refractivity contribution in [2.75, 3.05) is 27.4 Å². The van der Waals surface area contributed by atoms with Gasteiger partial charge in [-0.05, 0) is 13.3 Å². The molecule has 3 nitrogen and oxygen atoms in total. The molecule has 0 aromatic rings. The van der Waals surface area contributed by atoms with Crippen molar-refractivity contribution in [1.29, 1.82) is 0 Å². The summed E-state index contributed by atoms with van der Waals surface area (Å²) in [6.07, 6.45) is 5.68. The Labute approximate surface area is 74.6 Å². The largest absolute Gasteiger partial charge is 0.382 e. The number of hydrogen-bond donors (Lipinski definition) is 0. The van der Waals surface area contributed by atoms with Crippen molar-refractivity contribution < 1.29 is 4.74 Å². The summed E-state index contributed by atoms with van der Waals surface area (Å²) in [5.74, 6) is 0. The Morgan fingerprint density at radius 2 is 2.25 bits per heavy atom. The van der Waals surface area contributed by atoms with Crippen molar-refractivity contribution in [3.8, 4) is 0 Å². The molecule has 0 radical (unpaired) electrons. The molecule has 1 unspecified atom stereocenters. The van der Waals surface area contributed by atoms with Gasteiger partial charge >= 0.3 is 0 Å². The van der Waals surface area contributed by atoms with Crippen LogP contribution in [0, 0.1) is 0 Å². The molecule has 0 spiro atoms. The minimum absolute atomic E-state index is 0.365. The molecule has 1 heterocycles. The predicted molar refractivity (Wildman–Crippen MR) is 49.6 cm³/mol. The average molecular weight is 170 g/mol. The molecule has 0 saturated carbocycles. The van der Waals surface area contributed by atoms with Crippen LogP contribution in [0.1, 0.15) is 13.3 Å². The number of nitrogens with zero attached hydrogens (tertiary/aromatic N) is 2. The van der Waals surface area contributed by atoms with Crippen LogP contribution >= 0.6 is 0 Å². The van der Waals surface area contributed by atoms with Crippen LogP contribution in [0.4, 0.5) is 0 Å². The Morgan fingerprint density at radius 3 is 2.75 bits per heavy atom. The van der Waals surface area contributed by atoms with E-state index in [1.54, 1.807) is 7.11 Å². The van der Waals surface area contributed by atoms with E-state index in [2.05, 4.69) is 36.2 Å². The summed E-state index contributed by atoms with van der Waals surface area (Å²) in [5, 5.41) is 0. The highest BCUT2D eigenvalue weighted by atomic mass is 16.5. The Hall–Kier alpha value is -0.700. The normalized spacial score (nSPS) is 18.9. The Bertz CT molecular complexity index is 159. The van der Waals surface area contributed by atoms with Crippen molar-refractivity contribution in [2.45, 2.75) is 19.4 Å². The van der Waals surface area contributed by atoms with Crippen molar-refractivity contribution in [3.63, 3.8) is 0 Å². The molecule has 70 valence electrons. The van der Waals surface area contributed by atoms with Gasteiger partial charge in [0.2, 0.25) is 0 Å². The van der Waals surface area contributed by atoms with E-state index in [1.807, 2.05) is 0 Å². The maximum Gasteiger partial charge on any atom is 0.0890 e. The number of hydrogen-bond acceptors (Lipinski definition) is 3. The highest BCUT2D eigenvalue weighted by Gasteiger charge is 2.09. The quantitative estimate of drug-likeness (QED) is 0.628. The number of rotatable bonds is 4. The fourth-order valence-corrected chi connectivity index (χ4v) is 1.20. The first-order valence-electron chi connectivity index (χ1n) is 4.38. The molecule has 1 aliphatic heterocycles. The smallest absolute Gasteiger partial charge is 0.0890 e. The number of methoxy groups -OCH3 is 1. The highest BCUT2D eigenvalue weighted by Crippen LogP contribution is 2.06. The molecule has 0 saturated heterocycles. The van der Waals surface area contributed by atoms with Crippen LogP contribution in [0.2, 0.25) is 0 Å². The Morgan fingerprint density at radius 1 is 1.50 bits per heavy atom. The van der Waals surface area contributed by atoms with E-state index in [0.29, 0.717) is 6.10 Å². The lowest BCUT2D eigenvalue weighted by atomic mass is 10.3. The monoisotopic (exact) mass is 170 g/mol. The van der Waals surface area contributed by atoms with E-state index in [-0.39, 0.29) is 0 Å². The third-order valence-electron chi connectivity index (χ3n) is 2.16. The molecule has 1 rings (SSSR count). The van der Waals surface area contributed by atoms with Crippen molar-refractivity contribution in [3.05, 3.63) is 12.4 Å². The van der Waals surface area contributed by atoms with Crippen molar-refractivity contribution in [1.82, 2.24) is 9.80 Å². The molecule has 0 aromatic carbocycles. The summed E-state index contributed by atoms with van der Waals surface area (Å²) in [4.78, 5) is 4.45. The van der Waals surface area contributed by atoms with Gasteiger partial charge < -0.3 is 14.5 Å². The molecule has 0 aromatic heterocycles. The van der Waals surface area contributed by atoms with E-state index in [0.717, 1.165) is 19.6 Å². The van der Waals surface area contributed by atoms with Crippen LogP contribution in [0.3, 0.4) is 0 Å². The third-order valence-corrected chi connectivity index (χ3v) is 2.16. The summed E-state index contributed by atoms with van der Waals surface area (Å²) in [6.45, 7) is 4.19. The molecule has 12 heavy (non-hydrogen) atoms. The topological polar surface area (TPSA) is 15.7 Å². The van der Waals surface area contributed by atoms with Crippen LogP contribution < -0.4 is 0 Å². The lowest BCUT2D eigenvalue weighted by Gasteiger charge is -2.19. The van der Waals surface area contributed by atoms with Crippen LogP contribution in [0.25, 0.3) is 0 Å². The summed E-state index contributed by atoms with van der Waals surface area (Å²) >= 11 is 0. The lowest BCUT2D eigenvalue weighted by Crippen LogP contribution is -2.25. The van der Waals surface area contributed by atoms with Gasteiger partial charge in [0, 0.05) is 33.1 Å². The first-order valence-corrected chi connectivity index (χ1v) is 4.38. The maximum absolute atomic E-state index is 5.17. The Balaban J connectivity index is 2.12. The van der Waals surface area contributed by atoms with E-state index >= 15 is 0 Å². The number of ether oxygens (including phenoxy) is 1. The maximum atomic E-state index is 5.17. The summed E-state index contributed by atoms with van der Waals surface area (Å²) < 4.78 is 5.17. The standard InChI is InChI=1S/C9H18N2O/c1-9(12-3)4-5-11-7-6-10(2)8-11/h6-7,9H,4-5,8H2,1-3H3. The van der Waals surface area contributed by atoms with E-state index < -0.39 is 0 Å². The van der Waals surface area contributed by atoms with Crippen molar-refractivity contribution in [2.24, 2.45) is 0 Å². The molecule has 0 N–H and O–H groups in total. The zero-order chi connectivity index (χ0) is 8.97. The van der Waals surface area contributed by atoms with Crippen LogP contribution in [0.15, 0.2) is 12.4 Å². The fourth-order valence-electron chi connectivity index (χ4n) is 1.20. The van der Waals surface area contributed by atoms with E-state index in [4.69, 9.17) is 4.74 Å². The molecule has 3 heteroatoms. The first kappa shape index (κ1) is 9.39. The van der Waals surface area contributed by atoms with E-state index in [1.165, 1.54) is 0 Å². The van der Waals surface area contributed by atoms with Gasteiger partial charge in [0.15, 0.2) is 0 Å². The zero-order valence-corrected chi connectivity index (χ0v) is 8.16. The van der Waals surface area contributed by atoms with Gasteiger partial charge in [-0.15, -0.1) is 0 Å². The summed E-state index contributed by atoms with van der Waals surface area (Å²) in [7, 11) is 3.84. The van der Waals surface area contributed by atoms with Crippen LogP contribution in [-0.2, 0) is 4.74 Å². The summed E-state index contributed by atoms with van der Waals surface area (Å²) in [5.41, 5.74) is 0. The predicted octanol–water partition coefficient (Wildman–Crippen LogP) is 1.09. The average Bonchev–Trinajstić information content (AvgIpc) is 2.47. The van der Waals surface area contributed by atoms with Crippen LogP contribution in [-0.4, -0.2) is 43.3 Å². The summed E-state index contributed by atoms with van der Waals surface area (Å²) in [6, 6.07) is 0. The SMILES string of the molecule is COC(C)CCN1C=CN(C)C1. The van der Waals surface area contributed by atoms with Gasteiger partial charge in [-0.3, -0.25) is 0 Å². The van der Waals surface area contributed by atoms with Crippen molar-refractivity contribution >= 4 is 0 Å². The molecular formula is C9H18N2O. The van der Waals surface area contributed by atoms with Gasteiger partial charge in [-0.2, -0.15) is 0 Å². The molecule has 0 bridgehead atoms. The van der Waals surface area contributed by atoms with Gasteiger partial charge in [0.1, 0.15) is 0 Å². The second-order valence-electron chi connectivity index (χ2n) is 3.34. The highest BCUT2D eigenvalue weighted by molar-refractivity contribution is 4.88. The third kappa shape index (κ3) is 2.74. The molecule has 0 fully saturated rings. The first-order chi connectivity index (χ1) is 5.72. The van der Waals surface area contributed by atoms with Gasteiger partial charge in [0.25, 0.3) is 0 Å². The second kappa shape index (κ2) is 4.36. The van der Waals surface area contributed by atoms with E-state index in [9.17, 15) is 0 Å². The zero-order valence-electron chi connectivity index (χ0n) is 8.16. The fraction of sp³-hybridized carbons (Fsp3) is 0.778. The van der Waals surface area contributed by atoms with Gasteiger partial charge in [-0.1, -0.05) is 0 Å². The minimum Gasteiger partial charge on any atom is -0.382 e. The van der Waals surface area contributed by atoms with Gasteiger partial charge in [-0.25, -0.2) is 0 Å². The molecule has 0 aliphatic carbocycles. The molecule has 1 aliphatic rings. The lowest BCUT2D eigenvalue weighted by molar-refractivity contribution is 0.101.